The molecule has 0 aliphatic rings. The maximum atomic E-state index is 14.2. The molecule has 0 heterocycles. The number of carbonyl (C=O) groups excluding carboxylic acids is 2. The van der Waals surface area contributed by atoms with Crippen LogP contribution in [0.15, 0.2) is 82.6 Å². The van der Waals surface area contributed by atoms with Crippen LogP contribution in [0.3, 0.4) is 0 Å². The van der Waals surface area contributed by atoms with Crippen LogP contribution in [0, 0.1) is 5.82 Å². The van der Waals surface area contributed by atoms with Gasteiger partial charge in [0, 0.05) is 17.5 Å². The molecule has 43 heavy (non-hydrogen) atoms. The second kappa shape index (κ2) is 15.8. The molecule has 1 N–H and O–H groups in total. The Labute approximate surface area is 258 Å². The lowest BCUT2D eigenvalue weighted by Crippen LogP contribution is -2.53. The van der Waals surface area contributed by atoms with Gasteiger partial charge in [-0.3, -0.25) is 13.9 Å². The molecule has 0 saturated heterocycles. The Bertz CT molecular complexity index is 1470. The summed E-state index contributed by atoms with van der Waals surface area (Å²) in [5.74, 6) is -1.07. The minimum absolute atomic E-state index is 0.0102. The van der Waals surface area contributed by atoms with Crippen molar-refractivity contribution in [1.29, 1.82) is 0 Å². The highest BCUT2D eigenvalue weighted by Gasteiger charge is 2.35. The number of hydrogen-bond donors (Lipinski definition) is 1. The molecule has 0 saturated carbocycles. The van der Waals surface area contributed by atoms with Crippen molar-refractivity contribution in [2.75, 3.05) is 23.7 Å². The summed E-state index contributed by atoms with van der Waals surface area (Å²) in [6.45, 7) is 7.06. The summed E-state index contributed by atoms with van der Waals surface area (Å²) in [6, 6.07) is 17.7. The van der Waals surface area contributed by atoms with E-state index in [1.807, 2.05) is 20.1 Å². The lowest BCUT2D eigenvalue weighted by atomic mass is 10.1. The molecular formula is C32H40FN3O5S2. The lowest BCUT2D eigenvalue weighted by Gasteiger charge is -2.34. The highest BCUT2D eigenvalue weighted by atomic mass is 32.2. The van der Waals surface area contributed by atoms with E-state index in [1.165, 1.54) is 40.9 Å². The van der Waals surface area contributed by atoms with Gasteiger partial charge in [0.1, 0.15) is 24.2 Å². The SMILES string of the molecule is CCOc1ccccc1N(CC(=O)N(Cc1ccc(F)cc1)[C@@H](CC)C(=O)N[C@@H](C)CC)S(=O)(=O)c1ccc(SC)cc1. The van der Waals surface area contributed by atoms with Crippen molar-refractivity contribution in [3.05, 3.63) is 84.2 Å². The van der Waals surface area contributed by atoms with Crippen molar-refractivity contribution in [3.8, 4) is 5.75 Å². The second-order valence-electron chi connectivity index (χ2n) is 9.98. The molecule has 0 aromatic heterocycles. The van der Waals surface area contributed by atoms with Gasteiger partial charge in [-0.2, -0.15) is 0 Å². The van der Waals surface area contributed by atoms with Crippen LogP contribution in [0.4, 0.5) is 10.1 Å². The maximum absolute atomic E-state index is 14.2. The first kappa shape index (κ1) is 33.9. The van der Waals surface area contributed by atoms with E-state index in [4.69, 9.17) is 4.74 Å². The van der Waals surface area contributed by atoms with E-state index in [9.17, 15) is 22.4 Å². The molecule has 3 aromatic carbocycles. The Morgan fingerprint density at radius 1 is 0.953 bits per heavy atom. The van der Waals surface area contributed by atoms with Gasteiger partial charge >= 0.3 is 0 Å². The quantitative estimate of drug-likeness (QED) is 0.212. The molecule has 0 unspecified atom stereocenters. The third-order valence-electron chi connectivity index (χ3n) is 7.01. The largest absolute Gasteiger partial charge is 0.492 e. The van der Waals surface area contributed by atoms with Crippen LogP contribution in [0.1, 0.15) is 46.1 Å². The fourth-order valence-electron chi connectivity index (χ4n) is 4.48. The van der Waals surface area contributed by atoms with Crippen molar-refractivity contribution in [1.82, 2.24) is 10.2 Å². The zero-order chi connectivity index (χ0) is 31.6. The number of carbonyl (C=O) groups is 2. The number of thioether (sulfide) groups is 1. The van der Waals surface area contributed by atoms with Gasteiger partial charge in [-0.05, 0) is 87.0 Å². The van der Waals surface area contributed by atoms with Gasteiger partial charge in [0.25, 0.3) is 10.0 Å². The van der Waals surface area contributed by atoms with Gasteiger partial charge in [0.15, 0.2) is 0 Å². The zero-order valence-corrected chi connectivity index (χ0v) is 26.9. The number of amides is 2. The fourth-order valence-corrected chi connectivity index (χ4v) is 6.31. The first-order chi connectivity index (χ1) is 20.5. The lowest BCUT2D eigenvalue weighted by molar-refractivity contribution is -0.140. The van der Waals surface area contributed by atoms with Gasteiger partial charge in [-0.1, -0.05) is 38.1 Å². The average Bonchev–Trinajstić information content (AvgIpc) is 3.01. The third-order valence-corrected chi connectivity index (χ3v) is 9.53. The number of nitrogens with zero attached hydrogens (tertiary/aromatic N) is 2. The summed E-state index contributed by atoms with van der Waals surface area (Å²) in [7, 11) is -4.26. The summed E-state index contributed by atoms with van der Waals surface area (Å²) in [4.78, 5) is 29.9. The molecule has 2 amide bonds. The summed E-state index contributed by atoms with van der Waals surface area (Å²) in [5, 5.41) is 2.94. The van der Waals surface area contributed by atoms with E-state index >= 15 is 0 Å². The zero-order valence-electron chi connectivity index (χ0n) is 25.2. The van der Waals surface area contributed by atoms with E-state index in [1.54, 1.807) is 62.4 Å². The molecule has 11 heteroatoms. The van der Waals surface area contributed by atoms with E-state index in [0.29, 0.717) is 17.7 Å². The predicted octanol–water partition coefficient (Wildman–Crippen LogP) is 5.86. The van der Waals surface area contributed by atoms with Crippen LogP contribution in [0.5, 0.6) is 5.75 Å². The summed E-state index contributed by atoms with van der Waals surface area (Å²) in [6.07, 6.45) is 2.88. The first-order valence-corrected chi connectivity index (χ1v) is 16.9. The van der Waals surface area contributed by atoms with Crippen LogP contribution in [-0.2, 0) is 26.2 Å². The summed E-state index contributed by atoms with van der Waals surface area (Å²) in [5.41, 5.74) is 0.798. The molecule has 2 atom stereocenters. The Morgan fingerprint density at radius 2 is 1.60 bits per heavy atom. The molecule has 0 aliphatic heterocycles. The molecule has 3 aromatic rings. The molecule has 3 rings (SSSR count). The molecule has 8 nitrogen and oxygen atoms in total. The van der Waals surface area contributed by atoms with Gasteiger partial charge in [-0.15, -0.1) is 11.8 Å². The number of benzene rings is 3. The van der Waals surface area contributed by atoms with Gasteiger partial charge in [0.05, 0.1) is 17.2 Å². The minimum Gasteiger partial charge on any atom is -0.492 e. The average molecular weight is 630 g/mol. The number of rotatable bonds is 15. The van der Waals surface area contributed by atoms with E-state index in [2.05, 4.69) is 5.32 Å². The number of hydrogen-bond acceptors (Lipinski definition) is 6. The van der Waals surface area contributed by atoms with E-state index in [-0.39, 0.29) is 42.1 Å². The molecule has 0 fully saturated rings. The number of para-hydroxylation sites is 2. The number of sulfonamides is 1. The van der Waals surface area contributed by atoms with Crippen LogP contribution < -0.4 is 14.4 Å². The Balaban J connectivity index is 2.11. The number of anilines is 1. The molecule has 232 valence electrons. The smallest absolute Gasteiger partial charge is 0.264 e. The number of ether oxygens (including phenoxy) is 1. The molecule has 0 bridgehead atoms. The minimum atomic E-state index is -4.26. The molecular weight excluding hydrogens is 590 g/mol. The van der Waals surface area contributed by atoms with Crippen LogP contribution in [0.2, 0.25) is 0 Å². The highest BCUT2D eigenvalue weighted by molar-refractivity contribution is 7.98. The van der Waals surface area contributed by atoms with Gasteiger partial charge < -0.3 is 15.0 Å². The molecule has 0 radical (unpaired) electrons. The van der Waals surface area contributed by atoms with Crippen molar-refractivity contribution in [2.24, 2.45) is 0 Å². The predicted molar refractivity (Wildman–Crippen MR) is 169 cm³/mol. The Morgan fingerprint density at radius 3 is 2.19 bits per heavy atom. The van der Waals surface area contributed by atoms with Gasteiger partial charge in [0.2, 0.25) is 11.8 Å². The Kier molecular flexibility index (Phi) is 12.4. The Hall–Kier alpha value is -3.57. The standard InChI is InChI=1S/C32H40FN3O5S2/c1-6-23(4)34-32(38)28(7-2)35(21-24-13-15-25(33)16-14-24)31(37)22-36(29-11-9-10-12-30(29)41-8-3)43(39,40)27-19-17-26(42-5)18-20-27/h9-20,23,28H,6-8,21-22H2,1-5H3,(H,34,38)/t23-,28-/m0/s1. The van der Waals surface area contributed by atoms with Crippen LogP contribution >= 0.6 is 11.8 Å². The topological polar surface area (TPSA) is 96.0 Å². The summed E-state index contributed by atoms with van der Waals surface area (Å²) >= 11 is 1.48. The van der Waals surface area contributed by atoms with Crippen molar-refractivity contribution in [3.63, 3.8) is 0 Å². The monoisotopic (exact) mass is 629 g/mol. The molecule has 0 aliphatic carbocycles. The summed E-state index contributed by atoms with van der Waals surface area (Å²) < 4.78 is 48.8. The maximum Gasteiger partial charge on any atom is 0.264 e. The van der Waals surface area contributed by atoms with Crippen molar-refractivity contribution >= 4 is 39.3 Å². The number of nitrogens with one attached hydrogen (secondary N) is 1. The van der Waals surface area contributed by atoms with Crippen LogP contribution in [0.25, 0.3) is 0 Å². The van der Waals surface area contributed by atoms with Crippen molar-refractivity contribution in [2.45, 2.75) is 69.0 Å². The fraction of sp³-hybridized carbons (Fsp3) is 0.375. The highest BCUT2D eigenvalue weighted by Crippen LogP contribution is 2.33. The van der Waals surface area contributed by atoms with Crippen molar-refractivity contribution < 1.29 is 27.1 Å². The normalized spacial score (nSPS) is 12.7. The second-order valence-corrected chi connectivity index (χ2v) is 12.7. The van der Waals surface area contributed by atoms with E-state index in [0.717, 1.165) is 9.20 Å². The first-order valence-electron chi connectivity index (χ1n) is 14.3. The third kappa shape index (κ3) is 8.73. The van der Waals surface area contributed by atoms with E-state index < -0.39 is 34.3 Å². The van der Waals surface area contributed by atoms with Crippen LogP contribution in [-0.4, -0.2) is 56.6 Å². The number of halogens is 1. The molecule has 0 spiro atoms. The van der Waals surface area contributed by atoms with Gasteiger partial charge in [-0.25, -0.2) is 12.8 Å².